The molecule has 0 nitrogen and oxygen atoms in total. The molecule has 0 saturated heterocycles. The summed E-state index contributed by atoms with van der Waals surface area (Å²) >= 11 is 0. The largest absolute Gasteiger partial charge is 0.0625 e. The zero-order valence-corrected chi connectivity index (χ0v) is 9.80. The quantitative estimate of drug-likeness (QED) is 0.672. The average Bonchev–Trinajstić information content (AvgIpc) is 1.98. The van der Waals surface area contributed by atoms with E-state index in [-0.39, 0.29) is 0 Å². The molecule has 0 aliphatic heterocycles. The van der Waals surface area contributed by atoms with E-state index in [9.17, 15) is 0 Å². The van der Waals surface area contributed by atoms with Gasteiger partial charge in [-0.15, -0.1) is 0 Å². The van der Waals surface area contributed by atoms with Crippen molar-refractivity contribution in [3.05, 3.63) is 35.4 Å². The van der Waals surface area contributed by atoms with Gasteiger partial charge in [0, 0.05) is 0 Å². The Labute approximate surface area is 89.8 Å². The average molecular weight is 191 g/mol. The van der Waals surface area contributed by atoms with Crippen LogP contribution in [-0.2, 0) is 12.8 Å². The van der Waals surface area contributed by atoms with E-state index in [0.717, 1.165) is 12.8 Å². The van der Waals surface area contributed by atoms with Crippen LogP contribution in [0.2, 0.25) is 0 Å². The van der Waals surface area contributed by atoms with Crippen LogP contribution in [0.1, 0.15) is 40.2 Å². The molecule has 0 radical (unpaired) electrons. The number of benzene rings is 1. The fourth-order valence-corrected chi connectivity index (χ4v) is 1.76. The van der Waals surface area contributed by atoms with E-state index in [1.54, 1.807) is 0 Å². The molecule has 0 fully saturated rings. The second kappa shape index (κ2) is 5.19. The molecule has 0 atom stereocenters. The molecule has 0 amide bonds. The molecule has 78 valence electrons. The zero-order chi connectivity index (χ0) is 11.4. The summed E-state index contributed by atoms with van der Waals surface area (Å²) in [7, 11) is 0. The van der Waals surface area contributed by atoms with Crippen LogP contribution in [0, 0.1) is 11.8 Å². The van der Waals surface area contributed by atoms with Crippen LogP contribution in [0.15, 0.2) is 24.2 Å². The van der Waals surface area contributed by atoms with Crippen molar-refractivity contribution in [2.75, 3.05) is 0 Å². The number of hydrogen-bond acceptors (Lipinski definition) is 0. The molecule has 0 heterocycles. The van der Waals surface area contributed by atoms with E-state index < -0.39 is 0 Å². The third-order valence-electron chi connectivity index (χ3n) is 2.20. The minimum atomic E-state index is 0.656. The van der Waals surface area contributed by atoms with Gasteiger partial charge in [-0.1, -0.05) is 51.9 Å². The Morgan fingerprint density at radius 2 is 1.43 bits per heavy atom. The first-order valence-electron chi connectivity index (χ1n) is 6.07. The molecule has 0 unspecified atom stereocenters. The summed E-state index contributed by atoms with van der Waals surface area (Å²) in [6, 6.07) is 6.90. The van der Waals surface area contributed by atoms with Gasteiger partial charge >= 0.3 is 0 Å². The molecule has 0 aromatic heterocycles. The van der Waals surface area contributed by atoms with E-state index in [4.69, 9.17) is 1.37 Å². The summed E-state index contributed by atoms with van der Waals surface area (Å²) < 4.78 is 7.77. The molecule has 0 aliphatic carbocycles. The minimum Gasteiger partial charge on any atom is -0.0625 e. The van der Waals surface area contributed by atoms with E-state index >= 15 is 0 Å². The lowest BCUT2D eigenvalue weighted by Crippen LogP contribution is -1.97. The number of hydrogen-bond donors (Lipinski definition) is 0. The van der Waals surface area contributed by atoms with Gasteiger partial charge in [0.1, 0.15) is 0 Å². The van der Waals surface area contributed by atoms with Gasteiger partial charge in [0.2, 0.25) is 0 Å². The monoisotopic (exact) mass is 191 g/mol. The highest BCUT2D eigenvalue weighted by atomic mass is 14.1. The highest BCUT2D eigenvalue weighted by molar-refractivity contribution is 5.24. The Morgan fingerprint density at radius 3 is 1.79 bits per heavy atom. The lowest BCUT2D eigenvalue weighted by atomic mass is 9.97. The standard InChI is InChI=1S/C14H22/c1-11(2)8-13-6-5-7-14(10-13)9-12(3)4/h5-7,10-12H,8-9H2,1-4H3/i5D. The summed E-state index contributed by atoms with van der Waals surface area (Å²) in [5.41, 5.74) is 2.63. The first-order valence-corrected chi connectivity index (χ1v) is 5.57. The van der Waals surface area contributed by atoms with Gasteiger partial charge < -0.3 is 0 Å². The highest BCUT2D eigenvalue weighted by Gasteiger charge is 2.01. The molecule has 0 bridgehead atoms. The van der Waals surface area contributed by atoms with E-state index in [2.05, 4.69) is 33.8 Å². The summed E-state index contributed by atoms with van der Waals surface area (Å²) in [4.78, 5) is 0. The van der Waals surface area contributed by atoms with Gasteiger partial charge in [0.25, 0.3) is 0 Å². The van der Waals surface area contributed by atoms with Crippen molar-refractivity contribution < 1.29 is 1.37 Å². The second-order valence-corrected chi connectivity index (χ2v) is 4.95. The first-order chi connectivity index (χ1) is 6.97. The molecule has 14 heavy (non-hydrogen) atoms. The maximum atomic E-state index is 7.77. The summed E-state index contributed by atoms with van der Waals surface area (Å²) in [5, 5.41) is 0. The first kappa shape index (κ1) is 9.76. The normalized spacial score (nSPS) is 12.3. The van der Waals surface area contributed by atoms with Crippen LogP contribution in [0.25, 0.3) is 0 Å². The van der Waals surface area contributed by atoms with Gasteiger partial charge in [0.05, 0.1) is 1.37 Å². The third-order valence-corrected chi connectivity index (χ3v) is 2.20. The van der Waals surface area contributed by atoms with Crippen LogP contribution in [0.5, 0.6) is 0 Å². The molecule has 0 aliphatic rings. The van der Waals surface area contributed by atoms with Crippen molar-refractivity contribution in [2.45, 2.75) is 40.5 Å². The van der Waals surface area contributed by atoms with Gasteiger partial charge in [-0.3, -0.25) is 0 Å². The summed E-state index contributed by atoms with van der Waals surface area (Å²) in [6.07, 6.45) is 2.16. The van der Waals surface area contributed by atoms with Crippen molar-refractivity contribution in [1.29, 1.82) is 0 Å². The van der Waals surface area contributed by atoms with Crippen LogP contribution in [0.4, 0.5) is 0 Å². The fraction of sp³-hybridized carbons (Fsp3) is 0.571. The molecule has 0 spiro atoms. The van der Waals surface area contributed by atoms with Crippen LogP contribution in [0.3, 0.4) is 0 Å². The topological polar surface area (TPSA) is 0 Å². The number of rotatable bonds is 4. The maximum Gasteiger partial charge on any atom is 0.0623 e. The lowest BCUT2D eigenvalue weighted by molar-refractivity contribution is 0.636. The molecule has 0 heteroatoms. The van der Waals surface area contributed by atoms with Crippen LogP contribution >= 0.6 is 0 Å². The SMILES string of the molecule is [2H]c1cc(CC(C)C)cc(CC(C)C)c1. The van der Waals surface area contributed by atoms with Crippen molar-refractivity contribution in [3.63, 3.8) is 0 Å². The summed E-state index contributed by atoms with van der Waals surface area (Å²) in [6.45, 7) is 8.88. The zero-order valence-electron chi connectivity index (χ0n) is 10.8. The van der Waals surface area contributed by atoms with Gasteiger partial charge in [-0.2, -0.15) is 0 Å². The lowest BCUT2D eigenvalue weighted by Gasteiger charge is -2.09. The Hall–Kier alpha value is -0.780. The van der Waals surface area contributed by atoms with Crippen molar-refractivity contribution in [1.82, 2.24) is 0 Å². The second-order valence-electron chi connectivity index (χ2n) is 4.95. The Balaban J connectivity index is 2.84. The predicted molar refractivity (Wildman–Crippen MR) is 63.5 cm³/mol. The molecular weight excluding hydrogens is 168 g/mol. The van der Waals surface area contributed by atoms with E-state index in [0.29, 0.717) is 17.9 Å². The van der Waals surface area contributed by atoms with Gasteiger partial charge in [-0.25, -0.2) is 0 Å². The summed E-state index contributed by atoms with van der Waals surface area (Å²) in [5.74, 6) is 1.33. The van der Waals surface area contributed by atoms with E-state index in [1.165, 1.54) is 11.1 Å². The van der Waals surface area contributed by atoms with Crippen LogP contribution in [-0.4, -0.2) is 0 Å². The predicted octanol–water partition coefficient (Wildman–Crippen LogP) is 4.08. The van der Waals surface area contributed by atoms with Gasteiger partial charge in [-0.05, 0) is 35.8 Å². The molecule has 1 rings (SSSR count). The van der Waals surface area contributed by atoms with Crippen molar-refractivity contribution in [2.24, 2.45) is 11.8 Å². The van der Waals surface area contributed by atoms with Crippen LogP contribution < -0.4 is 0 Å². The molecule has 1 aromatic carbocycles. The fourth-order valence-electron chi connectivity index (χ4n) is 1.76. The Morgan fingerprint density at radius 1 is 1.00 bits per heavy atom. The molecule has 0 saturated carbocycles. The smallest absolute Gasteiger partial charge is 0.0623 e. The molecule has 1 aromatic rings. The minimum absolute atomic E-state index is 0.656. The Bertz CT molecular complexity index is 285. The molecule has 0 N–H and O–H groups in total. The van der Waals surface area contributed by atoms with Gasteiger partial charge in [0.15, 0.2) is 0 Å². The third kappa shape index (κ3) is 3.95. The maximum absolute atomic E-state index is 7.77. The van der Waals surface area contributed by atoms with Crippen molar-refractivity contribution in [3.8, 4) is 0 Å². The highest BCUT2D eigenvalue weighted by Crippen LogP contribution is 2.13. The molecular formula is C14H22. The van der Waals surface area contributed by atoms with E-state index in [1.807, 2.05) is 12.1 Å². The van der Waals surface area contributed by atoms with Crippen molar-refractivity contribution >= 4 is 0 Å². The Kier molecular flexibility index (Phi) is 3.62.